The number of carbonyl (C=O) groups is 2. The van der Waals surface area contributed by atoms with Crippen LogP contribution in [0.4, 0.5) is 0 Å². The quantitative estimate of drug-likeness (QED) is 0.604. The van der Waals surface area contributed by atoms with Crippen molar-refractivity contribution >= 4 is 11.9 Å². The molecule has 3 N–H and O–H groups in total. The van der Waals surface area contributed by atoms with Crippen LogP contribution in [0.5, 0.6) is 0 Å². The van der Waals surface area contributed by atoms with Crippen LogP contribution in [-0.2, 0) is 0 Å². The maximum atomic E-state index is 10.5. The second kappa shape index (κ2) is 2.95. The summed E-state index contributed by atoms with van der Waals surface area (Å²) in [5.41, 5.74) is 4.75. The van der Waals surface area contributed by atoms with Crippen LogP contribution in [0.25, 0.3) is 0 Å². The Bertz CT molecular complexity index is 307. The second-order valence-corrected chi connectivity index (χ2v) is 1.93. The van der Waals surface area contributed by atoms with E-state index < -0.39 is 17.7 Å². The van der Waals surface area contributed by atoms with Crippen molar-refractivity contribution in [3.63, 3.8) is 0 Å². The zero-order valence-electron chi connectivity index (χ0n) is 5.89. The minimum Gasteiger partial charge on any atom is -0.475 e. The number of aromatic nitrogens is 2. The van der Waals surface area contributed by atoms with E-state index in [0.717, 1.165) is 6.20 Å². The molecule has 1 heterocycles. The van der Waals surface area contributed by atoms with E-state index in [0.29, 0.717) is 0 Å². The van der Waals surface area contributed by atoms with Crippen molar-refractivity contribution in [3.8, 4) is 0 Å². The molecule has 0 saturated carbocycles. The summed E-state index contributed by atoms with van der Waals surface area (Å²) in [6.07, 6.45) is 1.16. The summed E-state index contributed by atoms with van der Waals surface area (Å²) in [6.45, 7) is 0. The van der Waals surface area contributed by atoms with Crippen LogP contribution in [0.15, 0.2) is 12.3 Å². The number of rotatable bonds is 2. The third-order valence-corrected chi connectivity index (χ3v) is 1.10. The van der Waals surface area contributed by atoms with E-state index in [1.54, 1.807) is 0 Å². The maximum absolute atomic E-state index is 10.5. The average molecular weight is 167 g/mol. The molecule has 0 unspecified atom stereocenters. The first-order valence-electron chi connectivity index (χ1n) is 2.97. The molecule has 1 aromatic rings. The monoisotopic (exact) mass is 167 g/mol. The second-order valence-electron chi connectivity index (χ2n) is 1.93. The molecule has 1 rings (SSSR count). The number of carboxylic acids is 1. The molecule has 0 aliphatic rings. The smallest absolute Gasteiger partial charge is 0.373 e. The van der Waals surface area contributed by atoms with Crippen molar-refractivity contribution in [1.29, 1.82) is 0 Å². The maximum Gasteiger partial charge on any atom is 0.373 e. The Morgan fingerprint density at radius 3 is 2.67 bits per heavy atom. The van der Waals surface area contributed by atoms with Gasteiger partial charge in [-0.05, 0) is 6.07 Å². The number of carbonyl (C=O) groups excluding carboxylic acids is 1. The van der Waals surface area contributed by atoms with E-state index in [1.165, 1.54) is 6.07 Å². The van der Waals surface area contributed by atoms with E-state index in [2.05, 4.69) is 9.97 Å². The van der Waals surface area contributed by atoms with Gasteiger partial charge in [0.25, 0.3) is 5.91 Å². The van der Waals surface area contributed by atoms with Crippen LogP contribution < -0.4 is 5.73 Å². The average Bonchev–Trinajstić information content (AvgIpc) is 2.04. The number of nitrogens with two attached hydrogens (primary N) is 1. The fourth-order valence-electron chi connectivity index (χ4n) is 0.599. The van der Waals surface area contributed by atoms with Gasteiger partial charge in [-0.3, -0.25) is 4.79 Å². The van der Waals surface area contributed by atoms with Gasteiger partial charge in [0.2, 0.25) is 5.82 Å². The summed E-state index contributed by atoms with van der Waals surface area (Å²) >= 11 is 0. The molecule has 12 heavy (non-hydrogen) atoms. The molecule has 0 saturated heterocycles. The lowest BCUT2D eigenvalue weighted by molar-refractivity contribution is 0.0683. The summed E-state index contributed by atoms with van der Waals surface area (Å²) in [4.78, 5) is 27.6. The third-order valence-electron chi connectivity index (χ3n) is 1.10. The van der Waals surface area contributed by atoms with Crippen LogP contribution in [0.3, 0.4) is 0 Å². The molecule has 1 aromatic heterocycles. The first-order chi connectivity index (χ1) is 5.61. The Morgan fingerprint density at radius 2 is 2.17 bits per heavy atom. The largest absolute Gasteiger partial charge is 0.475 e. The predicted octanol–water partition coefficient (Wildman–Crippen LogP) is -0.726. The van der Waals surface area contributed by atoms with E-state index in [4.69, 9.17) is 10.8 Å². The topological polar surface area (TPSA) is 106 Å². The molecule has 6 nitrogen and oxygen atoms in total. The number of hydrogen-bond acceptors (Lipinski definition) is 4. The number of primary amides is 1. The van der Waals surface area contributed by atoms with Crippen molar-refractivity contribution in [1.82, 2.24) is 9.97 Å². The number of hydrogen-bond donors (Lipinski definition) is 2. The highest BCUT2D eigenvalue weighted by Crippen LogP contribution is 1.93. The molecule has 0 fully saturated rings. The molecular weight excluding hydrogens is 162 g/mol. The molecular formula is C6H5N3O3. The van der Waals surface area contributed by atoms with Crippen molar-refractivity contribution < 1.29 is 14.7 Å². The summed E-state index contributed by atoms with van der Waals surface area (Å²) < 4.78 is 0. The van der Waals surface area contributed by atoms with E-state index in [-0.39, 0.29) is 5.69 Å². The van der Waals surface area contributed by atoms with Crippen LogP contribution >= 0.6 is 0 Å². The number of amides is 1. The van der Waals surface area contributed by atoms with Gasteiger partial charge >= 0.3 is 5.97 Å². The molecule has 0 aliphatic heterocycles. The number of carboxylic acid groups (broad SMARTS) is 1. The summed E-state index contributed by atoms with van der Waals surface area (Å²) in [7, 11) is 0. The molecule has 0 aromatic carbocycles. The van der Waals surface area contributed by atoms with Crippen LogP contribution in [0, 0.1) is 0 Å². The van der Waals surface area contributed by atoms with Gasteiger partial charge < -0.3 is 10.8 Å². The summed E-state index contributed by atoms with van der Waals surface area (Å²) in [6, 6.07) is 1.24. The van der Waals surface area contributed by atoms with Gasteiger partial charge in [-0.1, -0.05) is 0 Å². The standard InChI is InChI=1S/C6H5N3O3/c7-4(10)3-1-2-8-5(9-3)6(11)12/h1-2H,(H2,7,10)(H,11,12). The highest BCUT2D eigenvalue weighted by Gasteiger charge is 2.09. The Balaban J connectivity index is 3.12. The van der Waals surface area contributed by atoms with Crippen molar-refractivity contribution in [2.75, 3.05) is 0 Å². The van der Waals surface area contributed by atoms with Gasteiger partial charge in [0, 0.05) is 6.20 Å². The highest BCUT2D eigenvalue weighted by atomic mass is 16.4. The lowest BCUT2D eigenvalue weighted by Crippen LogP contribution is -2.16. The van der Waals surface area contributed by atoms with E-state index in [9.17, 15) is 9.59 Å². The molecule has 0 radical (unpaired) electrons. The molecule has 0 atom stereocenters. The summed E-state index contributed by atoms with van der Waals surface area (Å²) in [5, 5.41) is 8.41. The molecule has 0 spiro atoms. The molecule has 6 heteroatoms. The Morgan fingerprint density at radius 1 is 1.50 bits per heavy atom. The van der Waals surface area contributed by atoms with Crippen LogP contribution in [-0.4, -0.2) is 27.0 Å². The van der Waals surface area contributed by atoms with Crippen LogP contribution in [0.2, 0.25) is 0 Å². The third kappa shape index (κ3) is 1.54. The molecule has 0 aliphatic carbocycles. The number of aromatic carboxylic acids is 1. The Kier molecular flexibility index (Phi) is 2.00. The van der Waals surface area contributed by atoms with Gasteiger partial charge in [-0.15, -0.1) is 0 Å². The van der Waals surface area contributed by atoms with Gasteiger partial charge in [0.05, 0.1) is 0 Å². The van der Waals surface area contributed by atoms with Crippen molar-refractivity contribution in [2.45, 2.75) is 0 Å². The molecule has 1 amide bonds. The fraction of sp³-hybridized carbons (Fsp3) is 0. The molecule has 0 bridgehead atoms. The lowest BCUT2D eigenvalue weighted by atomic mass is 10.4. The van der Waals surface area contributed by atoms with Gasteiger partial charge in [-0.2, -0.15) is 0 Å². The molecule has 62 valence electrons. The van der Waals surface area contributed by atoms with E-state index >= 15 is 0 Å². The van der Waals surface area contributed by atoms with Crippen molar-refractivity contribution in [3.05, 3.63) is 23.8 Å². The van der Waals surface area contributed by atoms with Gasteiger partial charge in [-0.25, -0.2) is 14.8 Å². The first-order valence-corrected chi connectivity index (χ1v) is 2.97. The van der Waals surface area contributed by atoms with E-state index in [1.807, 2.05) is 0 Å². The van der Waals surface area contributed by atoms with Crippen LogP contribution in [0.1, 0.15) is 21.1 Å². The first kappa shape index (κ1) is 8.12. The SMILES string of the molecule is NC(=O)c1ccnc(C(=O)O)n1. The summed E-state index contributed by atoms with van der Waals surface area (Å²) in [5.74, 6) is -2.51. The van der Waals surface area contributed by atoms with Gasteiger partial charge in [0.15, 0.2) is 0 Å². The predicted molar refractivity (Wildman–Crippen MR) is 37.5 cm³/mol. The zero-order chi connectivity index (χ0) is 9.14. The number of nitrogens with zero attached hydrogens (tertiary/aromatic N) is 2. The minimum absolute atomic E-state index is 0.109. The highest BCUT2D eigenvalue weighted by molar-refractivity contribution is 5.92. The normalized spacial score (nSPS) is 9.33. The van der Waals surface area contributed by atoms with Crippen molar-refractivity contribution in [2.24, 2.45) is 5.73 Å². The fourth-order valence-corrected chi connectivity index (χ4v) is 0.599. The van der Waals surface area contributed by atoms with Gasteiger partial charge in [0.1, 0.15) is 5.69 Å². The lowest BCUT2D eigenvalue weighted by Gasteiger charge is -1.94. The Labute approximate surface area is 67.1 Å². The zero-order valence-corrected chi connectivity index (χ0v) is 5.89. The minimum atomic E-state index is -1.29. The Hall–Kier alpha value is -1.98.